The maximum atomic E-state index is 9.33. The highest BCUT2D eigenvalue weighted by Crippen LogP contribution is 2.33. The second-order valence-corrected chi connectivity index (χ2v) is 5.57. The molecule has 1 unspecified atom stereocenters. The van der Waals surface area contributed by atoms with Crippen molar-refractivity contribution >= 4 is 11.8 Å². The number of hydrogen-bond acceptors (Lipinski definition) is 3. The maximum Gasteiger partial charge on any atom is 0.115 e. The third kappa shape index (κ3) is 3.53. The van der Waals surface area contributed by atoms with E-state index in [4.69, 9.17) is 0 Å². The number of thioether (sulfide) groups is 1. The summed E-state index contributed by atoms with van der Waals surface area (Å²) in [7, 11) is 0. The van der Waals surface area contributed by atoms with Gasteiger partial charge < -0.3 is 5.11 Å². The molecule has 18 heavy (non-hydrogen) atoms. The number of phenolic OH excluding ortho intramolecular Hbond substituents is 1. The second-order valence-electron chi connectivity index (χ2n) is 4.09. The predicted octanol–water partition coefficient (Wildman–Crippen LogP) is 3.47. The first-order valence-electron chi connectivity index (χ1n) is 6.17. The largest absolute Gasteiger partial charge is 0.508 e. The lowest BCUT2D eigenvalue weighted by Gasteiger charge is -2.16. The van der Waals surface area contributed by atoms with Crippen LogP contribution in [0.15, 0.2) is 42.7 Å². The lowest BCUT2D eigenvalue weighted by Crippen LogP contribution is -2.03. The third-order valence-electron chi connectivity index (χ3n) is 2.81. The summed E-state index contributed by atoms with van der Waals surface area (Å²) >= 11 is 1.93. The van der Waals surface area contributed by atoms with Crippen molar-refractivity contribution in [3.05, 3.63) is 48.3 Å². The predicted molar refractivity (Wildman–Crippen MR) is 75.8 cm³/mol. The first-order chi connectivity index (χ1) is 8.79. The van der Waals surface area contributed by atoms with Gasteiger partial charge in [-0.2, -0.15) is 16.9 Å². The molecule has 0 bridgehead atoms. The van der Waals surface area contributed by atoms with Crippen LogP contribution in [0, 0.1) is 0 Å². The van der Waals surface area contributed by atoms with Crippen LogP contribution in [0.3, 0.4) is 0 Å². The number of aromatic nitrogens is 2. The Balaban J connectivity index is 2.01. The van der Waals surface area contributed by atoms with Crippen molar-refractivity contribution in [1.29, 1.82) is 0 Å². The monoisotopic (exact) mass is 262 g/mol. The quantitative estimate of drug-likeness (QED) is 0.866. The van der Waals surface area contributed by atoms with Crippen LogP contribution in [-0.2, 0) is 6.54 Å². The Morgan fingerprint density at radius 1 is 1.33 bits per heavy atom. The van der Waals surface area contributed by atoms with E-state index in [1.807, 2.05) is 47.0 Å². The summed E-state index contributed by atoms with van der Waals surface area (Å²) in [6, 6.07) is 9.47. The molecular formula is C14H18N2OS. The highest BCUT2D eigenvalue weighted by molar-refractivity contribution is 7.99. The molecule has 4 heteroatoms. The molecule has 96 valence electrons. The van der Waals surface area contributed by atoms with Gasteiger partial charge in [-0.3, -0.25) is 4.68 Å². The molecule has 0 amide bonds. The Morgan fingerprint density at radius 3 is 2.72 bits per heavy atom. The minimum Gasteiger partial charge on any atom is -0.508 e. The van der Waals surface area contributed by atoms with Gasteiger partial charge in [-0.25, -0.2) is 0 Å². The fourth-order valence-electron chi connectivity index (χ4n) is 1.92. The SMILES string of the molecule is CCSC(CCn1cccn1)c1ccc(O)cc1. The molecule has 0 saturated heterocycles. The van der Waals surface area contributed by atoms with Gasteiger partial charge in [0.1, 0.15) is 5.75 Å². The number of benzene rings is 1. The summed E-state index contributed by atoms with van der Waals surface area (Å²) in [5.74, 6) is 1.41. The van der Waals surface area contributed by atoms with Gasteiger partial charge in [-0.1, -0.05) is 19.1 Å². The lowest BCUT2D eigenvalue weighted by molar-refractivity contribution is 0.475. The average molecular weight is 262 g/mol. The summed E-state index contributed by atoms with van der Waals surface area (Å²) in [5.41, 5.74) is 1.27. The van der Waals surface area contributed by atoms with E-state index in [1.54, 1.807) is 12.1 Å². The molecule has 0 aliphatic rings. The molecule has 1 heterocycles. The van der Waals surface area contributed by atoms with Gasteiger partial charge in [0.15, 0.2) is 0 Å². The molecule has 2 aromatic rings. The van der Waals surface area contributed by atoms with E-state index in [-0.39, 0.29) is 0 Å². The van der Waals surface area contributed by atoms with E-state index < -0.39 is 0 Å². The summed E-state index contributed by atoms with van der Waals surface area (Å²) in [4.78, 5) is 0. The van der Waals surface area contributed by atoms with Crippen molar-refractivity contribution in [2.45, 2.75) is 25.1 Å². The molecular weight excluding hydrogens is 244 g/mol. The maximum absolute atomic E-state index is 9.33. The summed E-state index contributed by atoms with van der Waals surface area (Å²) < 4.78 is 1.96. The van der Waals surface area contributed by atoms with E-state index in [2.05, 4.69) is 12.0 Å². The van der Waals surface area contributed by atoms with Crippen molar-refractivity contribution in [2.75, 3.05) is 5.75 Å². The van der Waals surface area contributed by atoms with E-state index in [9.17, 15) is 5.11 Å². The van der Waals surface area contributed by atoms with Crippen LogP contribution in [0.1, 0.15) is 24.2 Å². The average Bonchev–Trinajstić information content (AvgIpc) is 2.89. The van der Waals surface area contributed by atoms with Gasteiger partial charge in [-0.05, 0) is 35.9 Å². The molecule has 1 N–H and O–H groups in total. The van der Waals surface area contributed by atoms with Gasteiger partial charge >= 0.3 is 0 Å². The molecule has 1 atom stereocenters. The van der Waals surface area contributed by atoms with E-state index in [1.165, 1.54) is 5.56 Å². The normalized spacial score (nSPS) is 12.5. The number of hydrogen-bond donors (Lipinski definition) is 1. The Bertz CT molecular complexity index is 453. The van der Waals surface area contributed by atoms with E-state index in [0.29, 0.717) is 11.0 Å². The van der Waals surface area contributed by atoms with Gasteiger partial charge in [0.05, 0.1) is 0 Å². The minimum absolute atomic E-state index is 0.325. The van der Waals surface area contributed by atoms with Crippen molar-refractivity contribution in [1.82, 2.24) is 9.78 Å². The molecule has 0 saturated carbocycles. The highest BCUT2D eigenvalue weighted by atomic mass is 32.2. The Morgan fingerprint density at radius 2 is 2.11 bits per heavy atom. The summed E-state index contributed by atoms with van der Waals surface area (Å²) in [5, 5.41) is 14.0. The van der Waals surface area contributed by atoms with Crippen molar-refractivity contribution in [3.63, 3.8) is 0 Å². The van der Waals surface area contributed by atoms with E-state index in [0.717, 1.165) is 18.7 Å². The lowest BCUT2D eigenvalue weighted by atomic mass is 10.1. The van der Waals surface area contributed by atoms with Crippen LogP contribution in [0.5, 0.6) is 5.75 Å². The Labute approximate surface area is 112 Å². The van der Waals surface area contributed by atoms with Crippen LogP contribution in [0.25, 0.3) is 0 Å². The number of aryl methyl sites for hydroxylation is 1. The summed E-state index contributed by atoms with van der Waals surface area (Å²) in [6.45, 7) is 3.09. The van der Waals surface area contributed by atoms with Crippen molar-refractivity contribution < 1.29 is 5.11 Å². The van der Waals surface area contributed by atoms with Crippen LogP contribution >= 0.6 is 11.8 Å². The molecule has 0 spiro atoms. The first-order valence-corrected chi connectivity index (χ1v) is 7.22. The zero-order valence-corrected chi connectivity index (χ0v) is 11.3. The molecule has 0 fully saturated rings. The van der Waals surface area contributed by atoms with Crippen molar-refractivity contribution in [2.24, 2.45) is 0 Å². The zero-order valence-electron chi connectivity index (χ0n) is 10.5. The molecule has 3 nitrogen and oxygen atoms in total. The number of rotatable bonds is 6. The first kappa shape index (κ1) is 13.0. The van der Waals surface area contributed by atoms with Crippen LogP contribution in [0.2, 0.25) is 0 Å². The minimum atomic E-state index is 0.325. The van der Waals surface area contributed by atoms with Crippen LogP contribution in [-0.4, -0.2) is 20.6 Å². The van der Waals surface area contributed by atoms with Crippen LogP contribution in [0.4, 0.5) is 0 Å². The van der Waals surface area contributed by atoms with Crippen molar-refractivity contribution in [3.8, 4) is 5.75 Å². The smallest absolute Gasteiger partial charge is 0.115 e. The number of phenols is 1. The number of nitrogens with zero attached hydrogens (tertiary/aromatic N) is 2. The van der Waals surface area contributed by atoms with Gasteiger partial charge in [0, 0.05) is 24.2 Å². The zero-order chi connectivity index (χ0) is 12.8. The standard InChI is InChI=1S/C14H18N2OS/c1-2-18-14(8-11-16-10-3-9-15-16)12-4-6-13(17)7-5-12/h3-7,9-10,14,17H,2,8,11H2,1H3. The van der Waals surface area contributed by atoms with Gasteiger partial charge in [0.25, 0.3) is 0 Å². The molecule has 1 aromatic carbocycles. The topological polar surface area (TPSA) is 38.0 Å². The number of aromatic hydroxyl groups is 1. The van der Waals surface area contributed by atoms with Crippen LogP contribution < -0.4 is 0 Å². The molecule has 2 rings (SSSR count). The molecule has 0 radical (unpaired) electrons. The fourth-order valence-corrected chi connectivity index (χ4v) is 2.94. The summed E-state index contributed by atoms with van der Waals surface area (Å²) in [6.07, 6.45) is 4.85. The Hall–Kier alpha value is -1.42. The highest BCUT2D eigenvalue weighted by Gasteiger charge is 2.11. The second kappa shape index (κ2) is 6.50. The molecule has 0 aliphatic carbocycles. The molecule has 1 aromatic heterocycles. The van der Waals surface area contributed by atoms with E-state index >= 15 is 0 Å². The molecule has 0 aliphatic heterocycles. The Kier molecular flexibility index (Phi) is 4.70. The van der Waals surface area contributed by atoms with Gasteiger partial charge in [-0.15, -0.1) is 0 Å². The fraction of sp³-hybridized carbons (Fsp3) is 0.357. The third-order valence-corrected chi connectivity index (χ3v) is 4.06. The van der Waals surface area contributed by atoms with Gasteiger partial charge in [0.2, 0.25) is 0 Å².